The first-order chi connectivity index (χ1) is 7.27. The zero-order valence-electron chi connectivity index (χ0n) is 9.27. The van der Waals surface area contributed by atoms with Gasteiger partial charge in [-0.3, -0.25) is 4.98 Å². The predicted molar refractivity (Wildman–Crippen MR) is 61.9 cm³/mol. The molecule has 78 valence electrons. The fraction of sp³-hybridized carbons (Fsp3) is 0.462. The van der Waals surface area contributed by atoms with Crippen LogP contribution in [0.1, 0.15) is 31.4 Å². The van der Waals surface area contributed by atoms with E-state index in [2.05, 4.69) is 35.7 Å². The van der Waals surface area contributed by atoms with Crippen LogP contribution in [0.3, 0.4) is 0 Å². The van der Waals surface area contributed by atoms with Crippen LogP contribution in [0.25, 0.3) is 10.9 Å². The summed E-state index contributed by atoms with van der Waals surface area (Å²) in [5.41, 5.74) is 2.67. The maximum Gasteiger partial charge on any atom is 0.0516 e. The Labute approximate surface area is 89.9 Å². The number of hydrogen-bond acceptors (Lipinski definition) is 1. The Bertz CT molecular complexity index is 494. The van der Waals surface area contributed by atoms with Crippen LogP contribution in [-0.2, 0) is 0 Å². The van der Waals surface area contributed by atoms with E-state index in [4.69, 9.17) is 0 Å². The topological polar surface area (TPSA) is 17.8 Å². The van der Waals surface area contributed by atoms with Crippen LogP contribution in [0.15, 0.2) is 24.7 Å². The molecule has 1 aliphatic carbocycles. The number of rotatable bonds is 2. The van der Waals surface area contributed by atoms with Gasteiger partial charge in [-0.05, 0) is 44.2 Å². The Balaban J connectivity index is 2.17. The van der Waals surface area contributed by atoms with Crippen molar-refractivity contribution in [3.05, 3.63) is 30.2 Å². The monoisotopic (exact) mass is 200 g/mol. The second-order valence-electron chi connectivity index (χ2n) is 4.69. The molecule has 0 N–H and O–H groups in total. The molecule has 2 nitrogen and oxygen atoms in total. The van der Waals surface area contributed by atoms with Gasteiger partial charge >= 0.3 is 0 Å². The minimum absolute atomic E-state index is 0.642. The summed E-state index contributed by atoms with van der Waals surface area (Å²) in [6.07, 6.45) is 8.92. The van der Waals surface area contributed by atoms with Crippen LogP contribution in [0.4, 0.5) is 0 Å². The van der Waals surface area contributed by atoms with Crippen molar-refractivity contribution in [2.75, 3.05) is 0 Å². The zero-order valence-corrected chi connectivity index (χ0v) is 9.27. The summed E-state index contributed by atoms with van der Waals surface area (Å²) >= 11 is 0. The number of pyridine rings is 1. The molecule has 2 heteroatoms. The molecule has 1 unspecified atom stereocenters. The van der Waals surface area contributed by atoms with E-state index in [9.17, 15) is 0 Å². The standard InChI is InChI=1S/C13H16N2/c1-9-8-15(10(2)11-3-4-11)13-5-6-14-7-12(9)13/h5-8,10-11H,3-4H2,1-2H3. The normalized spacial score (nSPS) is 18.3. The lowest BCUT2D eigenvalue weighted by Gasteiger charge is -2.13. The highest BCUT2D eigenvalue weighted by Gasteiger charge is 2.29. The van der Waals surface area contributed by atoms with Gasteiger partial charge in [0, 0.05) is 30.0 Å². The van der Waals surface area contributed by atoms with Crippen LogP contribution >= 0.6 is 0 Å². The number of nitrogens with zero attached hydrogens (tertiary/aromatic N) is 2. The summed E-state index contributed by atoms with van der Waals surface area (Å²) < 4.78 is 2.42. The van der Waals surface area contributed by atoms with Gasteiger partial charge in [0.25, 0.3) is 0 Å². The number of hydrogen-bond donors (Lipinski definition) is 0. The zero-order chi connectivity index (χ0) is 10.4. The van der Waals surface area contributed by atoms with Crippen LogP contribution in [0.2, 0.25) is 0 Å². The number of aryl methyl sites for hydroxylation is 1. The highest BCUT2D eigenvalue weighted by molar-refractivity contribution is 5.82. The van der Waals surface area contributed by atoms with Crippen molar-refractivity contribution in [3.63, 3.8) is 0 Å². The lowest BCUT2D eigenvalue weighted by molar-refractivity contribution is 0.500. The summed E-state index contributed by atoms with van der Waals surface area (Å²) in [7, 11) is 0. The third kappa shape index (κ3) is 1.36. The summed E-state index contributed by atoms with van der Waals surface area (Å²) in [5.74, 6) is 0.896. The minimum atomic E-state index is 0.642. The average Bonchev–Trinajstić information content (AvgIpc) is 3.04. The van der Waals surface area contributed by atoms with Crippen molar-refractivity contribution in [2.45, 2.75) is 32.7 Å². The van der Waals surface area contributed by atoms with Gasteiger partial charge in [0.05, 0.1) is 5.52 Å². The van der Waals surface area contributed by atoms with Crippen LogP contribution in [-0.4, -0.2) is 9.55 Å². The number of aromatic nitrogens is 2. The van der Waals surface area contributed by atoms with E-state index < -0.39 is 0 Å². The van der Waals surface area contributed by atoms with Gasteiger partial charge in [-0.25, -0.2) is 0 Å². The minimum Gasteiger partial charge on any atom is -0.344 e. The van der Waals surface area contributed by atoms with E-state index in [1.165, 1.54) is 29.3 Å². The second-order valence-corrected chi connectivity index (χ2v) is 4.69. The van der Waals surface area contributed by atoms with E-state index in [0.717, 1.165) is 5.92 Å². The van der Waals surface area contributed by atoms with E-state index in [1.54, 1.807) is 0 Å². The molecule has 0 spiro atoms. The van der Waals surface area contributed by atoms with Gasteiger partial charge in [-0.15, -0.1) is 0 Å². The molecule has 1 aliphatic rings. The van der Waals surface area contributed by atoms with Crippen molar-refractivity contribution < 1.29 is 0 Å². The first-order valence-corrected chi connectivity index (χ1v) is 5.68. The first kappa shape index (κ1) is 8.96. The third-order valence-corrected chi connectivity index (χ3v) is 3.58. The number of fused-ring (bicyclic) bond motifs is 1. The molecule has 1 fully saturated rings. The van der Waals surface area contributed by atoms with Crippen molar-refractivity contribution >= 4 is 10.9 Å². The lowest BCUT2D eigenvalue weighted by atomic mass is 10.2. The summed E-state index contributed by atoms with van der Waals surface area (Å²) in [6.45, 7) is 4.50. The van der Waals surface area contributed by atoms with E-state index in [-0.39, 0.29) is 0 Å². The Hall–Kier alpha value is -1.31. The van der Waals surface area contributed by atoms with Crippen molar-refractivity contribution in [3.8, 4) is 0 Å². The molecule has 2 aromatic heterocycles. The lowest BCUT2D eigenvalue weighted by Crippen LogP contribution is -2.05. The molecule has 1 atom stereocenters. The Kier molecular flexibility index (Phi) is 1.84. The third-order valence-electron chi connectivity index (χ3n) is 3.58. The maximum atomic E-state index is 4.19. The fourth-order valence-electron chi connectivity index (χ4n) is 2.41. The molecule has 1 saturated carbocycles. The van der Waals surface area contributed by atoms with E-state index in [1.807, 2.05) is 12.4 Å². The largest absolute Gasteiger partial charge is 0.344 e. The molecule has 0 aliphatic heterocycles. The fourth-order valence-corrected chi connectivity index (χ4v) is 2.41. The van der Waals surface area contributed by atoms with Crippen LogP contribution in [0, 0.1) is 12.8 Å². The van der Waals surface area contributed by atoms with Crippen molar-refractivity contribution in [2.24, 2.45) is 5.92 Å². The molecule has 0 bridgehead atoms. The Morgan fingerprint density at radius 1 is 1.47 bits per heavy atom. The molecular weight excluding hydrogens is 184 g/mol. The van der Waals surface area contributed by atoms with Gasteiger partial charge < -0.3 is 4.57 Å². The average molecular weight is 200 g/mol. The molecule has 0 amide bonds. The highest BCUT2D eigenvalue weighted by atomic mass is 15.0. The van der Waals surface area contributed by atoms with Gasteiger partial charge in [-0.2, -0.15) is 0 Å². The SMILES string of the molecule is Cc1cn(C(C)C2CC2)c2ccncc12. The highest BCUT2D eigenvalue weighted by Crippen LogP contribution is 2.41. The summed E-state index contributed by atoms with van der Waals surface area (Å²) in [4.78, 5) is 4.19. The first-order valence-electron chi connectivity index (χ1n) is 5.68. The Morgan fingerprint density at radius 3 is 3.00 bits per heavy atom. The quantitative estimate of drug-likeness (QED) is 0.727. The molecule has 0 aromatic carbocycles. The Morgan fingerprint density at radius 2 is 2.27 bits per heavy atom. The molecular formula is C13H16N2. The van der Waals surface area contributed by atoms with Gasteiger partial charge in [0.2, 0.25) is 0 Å². The van der Waals surface area contributed by atoms with E-state index in [0.29, 0.717) is 6.04 Å². The van der Waals surface area contributed by atoms with Crippen LogP contribution < -0.4 is 0 Å². The predicted octanol–water partition coefficient (Wildman–Crippen LogP) is 3.32. The molecule has 3 rings (SSSR count). The smallest absolute Gasteiger partial charge is 0.0516 e. The van der Waals surface area contributed by atoms with Crippen molar-refractivity contribution in [1.82, 2.24) is 9.55 Å². The van der Waals surface area contributed by atoms with E-state index >= 15 is 0 Å². The van der Waals surface area contributed by atoms with Crippen molar-refractivity contribution in [1.29, 1.82) is 0 Å². The molecule has 2 aromatic rings. The summed E-state index contributed by atoms with van der Waals surface area (Å²) in [5, 5.41) is 1.30. The van der Waals surface area contributed by atoms with Gasteiger partial charge in [0.15, 0.2) is 0 Å². The maximum absolute atomic E-state index is 4.19. The molecule has 0 radical (unpaired) electrons. The van der Waals surface area contributed by atoms with Gasteiger partial charge in [-0.1, -0.05) is 0 Å². The molecule has 2 heterocycles. The van der Waals surface area contributed by atoms with Gasteiger partial charge in [0.1, 0.15) is 0 Å². The molecule has 15 heavy (non-hydrogen) atoms. The summed E-state index contributed by atoms with van der Waals surface area (Å²) in [6, 6.07) is 2.77. The second kappa shape index (κ2) is 3.09. The van der Waals surface area contributed by atoms with Crippen LogP contribution in [0.5, 0.6) is 0 Å². The molecule has 0 saturated heterocycles.